The van der Waals surface area contributed by atoms with Crippen molar-refractivity contribution in [1.82, 2.24) is 20.8 Å². The Morgan fingerprint density at radius 2 is 2.00 bits per heavy atom. The minimum atomic E-state index is -4.17. The van der Waals surface area contributed by atoms with E-state index in [-0.39, 0.29) is 6.54 Å². The molecule has 0 saturated heterocycles. The number of hydrogen-bond acceptors (Lipinski definition) is 4. The number of hydrogen-bond donors (Lipinski definition) is 2. The summed E-state index contributed by atoms with van der Waals surface area (Å²) >= 11 is 0. The summed E-state index contributed by atoms with van der Waals surface area (Å²) in [6, 6.07) is 0. The lowest BCUT2D eigenvalue weighted by atomic mass is 10.3. The molecule has 1 aromatic rings. The normalized spacial score (nSPS) is 12.6. The van der Waals surface area contributed by atoms with Crippen molar-refractivity contribution >= 4 is 5.96 Å². The van der Waals surface area contributed by atoms with E-state index in [2.05, 4.69) is 25.8 Å². The van der Waals surface area contributed by atoms with Gasteiger partial charge in [-0.25, -0.2) is 0 Å². The Morgan fingerprint density at radius 3 is 2.55 bits per heavy atom. The van der Waals surface area contributed by atoms with Gasteiger partial charge < -0.3 is 15.2 Å². The Balaban J connectivity index is 2.15. The summed E-state index contributed by atoms with van der Waals surface area (Å²) in [5, 5.41) is 9.17. The van der Waals surface area contributed by atoms with Crippen LogP contribution >= 0.6 is 0 Å². The van der Waals surface area contributed by atoms with Crippen LogP contribution in [0.1, 0.15) is 24.6 Å². The number of aryl methyl sites for hydroxylation is 2. The predicted octanol–water partition coefficient (Wildman–Crippen LogP) is 1.43. The molecule has 0 saturated carbocycles. The zero-order chi connectivity index (χ0) is 15.0. The van der Waals surface area contributed by atoms with Crippen molar-refractivity contribution in [3.63, 3.8) is 0 Å². The number of guanidine groups is 1. The van der Waals surface area contributed by atoms with E-state index in [4.69, 9.17) is 4.52 Å². The van der Waals surface area contributed by atoms with Gasteiger partial charge in [-0.3, -0.25) is 4.99 Å². The zero-order valence-corrected chi connectivity index (χ0v) is 11.4. The van der Waals surface area contributed by atoms with Crippen molar-refractivity contribution in [1.29, 1.82) is 0 Å². The van der Waals surface area contributed by atoms with Crippen molar-refractivity contribution in [3.05, 3.63) is 11.7 Å². The first-order chi connectivity index (χ1) is 9.40. The first-order valence-electron chi connectivity index (χ1n) is 6.21. The van der Waals surface area contributed by atoms with Gasteiger partial charge in [0.15, 0.2) is 11.8 Å². The lowest BCUT2D eigenvalue weighted by Crippen LogP contribution is -2.39. The second kappa shape index (κ2) is 7.71. The van der Waals surface area contributed by atoms with E-state index in [1.807, 2.05) is 0 Å². The lowest BCUT2D eigenvalue weighted by molar-refractivity contribution is -0.132. The van der Waals surface area contributed by atoms with Gasteiger partial charge in [0.2, 0.25) is 5.89 Å². The highest BCUT2D eigenvalue weighted by Crippen LogP contribution is 2.17. The van der Waals surface area contributed by atoms with Gasteiger partial charge in [0, 0.05) is 26.6 Å². The molecular weight excluding hydrogens is 275 g/mol. The van der Waals surface area contributed by atoms with Crippen LogP contribution in [0.5, 0.6) is 0 Å². The number of aromatic nitrogens is 2. The molecule has 0 spiro atoms. The van der Waals surface area contributed by atoms with Crippen LogP contribution in [0, 0.1) is 6.92 Å². The molecule has 9 heteroatoms. The van der Waals surface area contributed by atoms with E-state index in [1.165, 1.54) is 7.05 Å². The smallest absolute Gasteiger partial charge is 0.356 e. The summed E-state index contributed by atoms with van der Waals surface area (Å²) in [4.78, 5) is 7.88. The molecule has 0 aliphatic heterocycles. The molecule has 20 heavy (non-hydrogen) atoms. The summed E-state index contributed by atoms with van der Waals surface area (Å²) in [5.41, 5.74) is 0. The highest BCUT2D eigenvalue weighted by atomic mass is 19.4. The summed E-state index contributed by atoms with van der Waals surface area (Å²) < 4.78 is 40.9. The molecule has 114 valence electrons. The third kappa shape index (κ3) is 6.95. The molecule has 6 nitrogen and oxygen atoms in total. The molecule has 0 atom stereocenters. The quantitative estimate of drug-likeness (QED) is 0.471. The maximum atomic E-state index is 12.0. The van der Waals surface area contributed by atoms with E-state index in [9.17, 15) is 13.2 Å². The number of nitrogens with one attached hydrogen (secondary N) is 2. The maximum Gasteiger partial charge on any atom is 0.390 e. The van der Waals surface area contributed by atoms with Crippen LogP contribution in [0.2, 0.25) is 0 Å². The van der Waals surface area contributed by atoms with E-state index in [0.29, 0.717) is 37.1 Å². The highest BCUT2D eigenvalue weighted by molar-refractivity contribution is 5.79. The summed E-state index contributed by atoms with van der Waals surface area (Å²) in [5.74, 6) is 1.47. The van der Waals surface area contributed by atoms with Crippen molar-refractivity contribution in [2.75, 3.05) is 20.1 Å². The van der Waals surface area contributed by atoms with Crippen LogP contribution in [0.4, 0.5) is 13.2 Å². The van der Waals surface area contributed by atoms with Gasteiger partial charge in [0.1, 0.15) is 0 Å². The molecular formula is C11H18F3N5O. The van der Waals surface area contributed by atoms with Crippen molar-refractivity contribution in [2.24, 2.45) is 4.99 Å². The molecule has 0 amide bonds. The SMILES string of the molecule is CN=C(NCCCc1nc(C)no1)NCCC(F)(F)F. The molecule has 0 unspecified atom stereocenters. The van der Waals surface area contributed by atoms with Crippen LogP contribution < -0.4 is 10.6 Å². The third-order valence-corrected chi connectivity index (χ3v) is 2.35. The van der Waals surface area contributed by atoms with Gasteiger partial charge in [0.05, 0.1) is 6.42 Å². The van der Waals surface area contributed by atoms with Crippen LogP contribution in [0.25, 0.3) is 0 Å². The number of aliphatic imine (C=N–C) groups is 1. The monoisotopic (exact) mass is 293 g/mol. The third-order valence-electron chi connectivity index (χ3n) is 2.35. The first kappa shape index (κ1) is 16.3. The van der Waals surface area contributed by atoms with Crippen molar-refractivity contribution in [3.8, 4) is 0 Å². The molecule has 0 aliphatic rings. The largest absolute Gasteiger partial charge is 0.390 e. The lowest BCUT2D eigenvalue weighted by Gasteiger charge is -2.12. The molecule has 1 rings (SSSR count). The minimum Gasteiger partial charge on any atom is -0.356 e. The van der Waals surface area contributed by atoms with Gasteiger partial charge >= 0.3 is 6.18 Å². The Hall–Kier alpha value is -1.80. The molecule has 1 aromatic heterocycles. The standard InChI is InChI=1S/C11H18F3N5O/c1-8-18-9(20-19-8)4-3-6-16-10(15-2)17-7-5-11(12,13)14/h3-7H2,1-2H3,(H2,15,16,17). The van der Waals surface area contributed by atoms with E-state index in [0.717, 1.165) is 0 Å². The fraction of sp³-hybridized carbons (Fsp3) is 0.727. The zero-order valence-electron chi connectivity index (χ0n) is 11.4. The van der Waals surface area contributed by atoms with Crippen LogP contribution in [-0.2, 0) is 6.42 Å². The molecule has 2 N–H and O–H groups in total. The van der Waals surface area contributed by atoms with Crippen molar-refractivity contribution < 1.29 is 17.7 Å². The van der Waals surface area contributed by atoms with E-state index in [1.54, 1.807) is 6.92 Å². The van der Waals surface area contributed by atoms with E-state index >= 15 is 0 Å². The first-order valence-corrected chi connectivity index (χ1v) is 6.21. The molecule has 0 aromatic carbocycles. The van der Waals surface area contributed by atoms with Crippen LogP contribution in [-0.4, -0.2) is 42.4 Å². The molecule has 1 heterocycles. The maximum absolute atomic E-state index is 12.0. The topological polar surface area (TPSA) is 75.3 Å². The number of nitrogens with zero attached hydrogens (tertiary/aromatic N) is 3. The Labute approximate surface area is 114 Å². The predicted molar refractivity (Wildman–Crippen MR) is 67.4 cm³/mol. The van der Waals surface area contributed by atoms with Crippen LogP contribution in [0.15, 0.2) is 9.52 Å². The molecule has 0 bridgehead atoms. The Morgan fingerprint density at radius 1 is 1.30 bits per heavy atom. The average Bonchev–Trinajstić information content (AvgIpc) is 2.76. The van der Waals surface area contributed by atoms with Gasteiger partial charge in [-0.2, -0.15) is 18.2 Å². The summed E-state index contributed by atoms with van der Waals surface area (Å²) in [7, 11) is 1.50. The fourth-order valence-electron chi connectivity index (χ4n) is 1.43. The minimum absolute atomic E-state index is 0.202. The van der Waals surface area contributed by atoms with Gasteiger partial charge in [-0.1, -0.05) is 5.16 Å². The molecule has 0 aliphatic carbocycles. The Bertz CT molecular complexity index is 430. The number of halogens is 3. The summed E-state index contributed by atoms with van der Waals surface area (Å²) in [6.07, 6.45) is -3.74. The highest BCUT2D eigenvalue weighted by Gasteiger charge is 2.26. The fourth-order valence-corrected chi connectivity index (χ4v) is 1.43. The van der Waals surface area contributed by atoms with Gasteiger partial charge in [-0.05, 0) is 13.3 Å². The van der Waals surface area contributed by atoms with Gasteiger partial charge in [-0.15, -0.1) is 0 Å². The molecule has 0 fully saturated rings. The second-order valence-corrected chi connectivity index (χ2v) is 4.13. The molecule has 0 radical (unpaired) electrons. The second-order valence-electron chi connectivity index (χ2n) is 4.13. The number of alkyl halides is 3. The van der Waals surface area contributed by atoms with Gasteiger partial charge in [0.25, 0.3) is 0 Å². The average molecular weight is 293 g/mol. The number of rotatable bonds is 6. The van der Waals surface area contributed by atoms with Crippen LogP contribution in [0.3, 0.4) is 0 Å². The van der Waals surface area contributed by atoms with E-state index < -0.39 is 12.6 Å². The van der Waals surface area contributed by atoms with Crippen molar-refractivity contribution in [2.45, 2.75) is 32.4 Å². The Kier molecular flexibility index (Phi) is 6.26. The summed E-state index contributed by atoms with van der Waals surface area (Å²) in [6.45, 7) is 2.08.